The van der Waals surface area contributed by atoms with E-state index in [9.17, 15) is 9.59 Å². The van der Waals surface area contributed by atoms with Gasteiger partial charge in [-0.2, -0.15) is 0 Å². The lowest BCUT2D eigenvalue weighted by Crippen LogP contribution is -2.44. The van der Waals surface area contributed by atoms with Crippen LogP contribution in [0.3, 0.4) is 0 Å². The second-order valence-corrected chi connectivity index (χ2v) is 6.12. The first kappa shape index (κ1) is 16.2. The molecule has 2 amide bonds. The Hall–Kier alpha value is -2.66. The number of anilines is 1. The maximum Gasteiger partial charge on any atom is 0.252 e. The molecule has 6 heteroatoms. The van der Waals surface area contributed by atoms with Crippen LogP contribution < -0.4 is 10.6 Å². The maximum atomic E-state index is 12.4. The van der Waals surface area contributed by atoms with E-state index < -0.39 is 6.04 Å². The number of benzene rings is 2. The minimum Gasteiger partial charge on any atom is -0.336 e. The summed E-state index contributed by atoms with van der Waals surface area (Å²) in [7, 11) is 0. The monoisotopic (exact) mass is 341 g/mol. The van der Waals surface area contributed by atoms with Crippen LogP contribution in [-0.2, 0) is 4.79 Å². The zero-order chi connectivity index (χ0) is 17.3. The molecule has 1 heterocycles. The molecule has 1 aliphatic heterocycles. The SMILES string of the molecule is Cc1cc2c(cc1C)NC(=O)C(NC(=O)c1ccc(Cl)cc1)C=N2. The van der Waals surface area contributed by atoms with Gasteiger partial charge in [0.1, 0.15) is 6.04 Å². The van der Waals surface area contributed by atoms with E-state index in [1.54, 1.807) is 24.3 Å². The lowest BCUT2D eigenvalue weighted by atomic mass is 10.1. The molecule has 0 saturated carbocycles. The Bertz CT molecular complexity index is 844. The van der Waals surface area contributed by atoms with Gasteiger partial charge in [-0.05, 0) is 61.4 Å². The topological polar surface area (TPSA) is 70.6 Å². The molecular formula is C18H16ClN3O2. The van der Waals surface area contributed by atoms with Gasteiger partial charge in [-0.25, -0.2) is 0 Å². The second kappa shape index (κ2) is 6.45. The van der Waals surface area contributed by atoms with Crippen molar-refractivity contribution in [1.82, 2.24) is 5.32 Å². The molecule has 122 valence electrons. The van der Waals surface area contributed by atoms with Crippen molar-refractivity contribution in [1.29, 1.82) is 0 Å². The van der Waals surface area contributed by atoms with Gasteiger partial charge in [-0.1, -0.05) is 11.6 Å². The van der Waals surface area contributed by atoms with Crippen molar-refractivity contribution in [3.63, 3.8) is 0 Å². The predicted molar refractivity (Wildman–Crippen MR) is 95.4 cm³/mol. The van der Waals surface area contributed by atoms with Crippen molar-refractivity contribution in [2.75, 3.05) is 5.32 Å². The molecule has 2 aromatic carbocycles. The summed E-state index contributed by atoms with van der Waals surface area (Å²) in [5.74, 6) is -0.695. The van der Waals surface area contributed by atoms with Crippen LogP contribution in [0, 0.1) is 13.8 Å². The fraction of sp³-hybridized carbons (Fsp3) is 0.167. The summed E-state index contributed by atoms with van der Waals surface area (Å²) in [6.45, 7) is 3.95. The van der Waals surface area contributed by atoms with Gasteiger partial charge >= 0.3 is 0 Å². The fourth-order valence-electron chi connectivity index (χ4n) is 2.37. The first-order chi connectivity index (χ1) is 11.4. The molecule has 2 aromatic rings. The molecule has 0 spiro atoms. The van der Waals surface area contributed by atoms with Gasteiger partial charge in [0.25, 0.3) is 11.8 Å². The average Bonchev–Trinajstić information content (AvgIpc) is 2.68. The summed E-state index contributed by atoms with van der Waals surface area (Å²) >= 11 is 5.81. The van der Waals surface area contributed by atoms with Crippen molar-refractivity contribution >= 4 is 41.0 Å². The number of fused-ring (bicyclic) bond motifs is 1. The third-order valence-electron chi connectivity index (χ3n) is 3.91. The Morgan fingerprint density at radius 3 is 2.54 bits per heavy atom. The van der Waals surface area contributed by atoms with Crippen LogP contribution in [0.5, 0.6) is 0 Å². The molecule has 1 atom stereocenters. The Labute approximate surface area is 144 Å². The summed E-state index contributed by atoms with van der Waals surface area (Å²) in [4.78, 5) is 29.0. The fourth-order valence-corrected chi connectivity index (χ4v) is 2.50. The summed E-state index contributed by atoms with van der Waals surface area (Å²) in [5, 5.41) is 6.01. The van der Waals surface area contributed by atoms with Crippen LogP contribution in [0.25, 0.3) is 0 Å². The van der Waals surface area contributed by atoms with Gasteiger partial charge in [0.15, 0.2) is 0 Å². The van der Waals surface area contributed by atoms with E-state index in [0.29, 0.717) is 22.0 Å². The predicted octanol–water partition coefficient (Wildman–Crippen LogP) is 3.41. The highest BCUT2D eigenvalue weighted by atomic mass is 35.5. The zero-order valence-electron chi connectivity index (χ0n) is 13.3. The molecule has 0 bridgehead atoms. The summed E-state index contributed by atoms with van der Waals surface area (Å²) in [6.07, 6.45) is 1.45. The molecule has 24 heavy (non-hydrogen) atoms. The van der Waals surface area contributed by atoms with E-state index in [2.05, 4.69) is 15.6 Å². The van der Waals surface area contributed by atoms with Gasteiger partial charge in [-0.15, -0.1) is 0 Å². The van der Waals surface area contributed by atoms with Gasteiger partial charge in [0, 0.05) is 16.8 Å². The van der Waals surface area contributed by atoms with Gasteiger partial charge < -0.3 is 10.6 Å². The molecule has 0 aromatic heterocycles. The van der Waals surface area contributed by atoms with Crippen LogP contribution >= 0.6 is 11.6 Å². The largest absolute Gasteiger partial charge is 0.336 e. The Morgan fingerprint density at radius 1 is 1.17 bits per heavy atom. The summed E-state index contributed by atoms with van der Waals surface area (Å²) in [6, 6.07) is 9.39. The van der Waals surface area contributed by atoms with E-state index in [1.807, 2.05) is 26.0 Å². The Kier molecular flexibility index (Phi) is 4.36. The lowest BCUT2D eigenvalue weighted by Gasteiger charge is -2.13. The van der Waals surface area contributed by atoms with E-state index in [4.69, 9.17) is 11.6 Å². The van der Waals surface area contributed by atoms with Crippen molar-refractivity contribution in [3.05, 3.63) is 58.1 Å². The highest BCUT2D eigenvalue weighted by Gasteiger charge is 2.23. The highest BCUT2D eigenvalue weighted by Crippen LogP contribution is 2.29. The van der Waals surface area contributed by atoms with Crippen LogP contribution in [0.2, 0.25) is 5.02 Å². The number of hydrogen-bond donors (Lipinski definition) is 2. The molecule has 1 aliphatic rings. The summed E-state index contributed by atoms with van der Waals surface area (Å²) < 4.78 is 0. The van der Waals surface area contributed by atoms with E-state index in [1.165, 1.54) is 6.21 Å². The van der Waals surface area contributed by atoms with Crippen molar-refractivity contribution in [2.45, 2.75) is 19.9 Å². The molecule has 1 unspecified atom stereocenters. The molecule has 0 saturated heterocycles. The number of halogens is 1. The van der Waals surface area contributed by atoms with Gasteiger partial charge in [0.05, 0.1) is 11.4 Å². The van der Waals surface area contributed by atoms with Gasteiger partial charge in [-0.3, -0.25) is 14.6 Å². The Morgan fingerprint density at radius 2 is 1.83 bits per heavy atom. The van der Waals surface area contributed by atoms with Crippen LogP contribution in [-0.4, -0.2) is 24.1 Å². The first-order valence-corrected chi connectivity index (χ1v) is 7.84. The number of carbonyl (C=O) groups excluding carboxylic acids is 2. The average molecular weight is 342 g/mol. The lowest BCUT2D eigenvalue weighted by molar-refractivity contribution is -0.116. The van der Waals surface area contributed by atoms with Crippen LogP contribution in [0.1, 0.15) is 21.5 Å². The number of nitrogens with zero attached hydrogens (tertiary/aromatic N) is 1. The van der Waals surface area contributed by atoms with E-state index in [-0.39, 0.29) is 11.8 Å². The molecule has 0 radical (unpaired) electrons. The second-order valence-electron chi connectivity index (χ2n) is 5.68. The number of nitrogens with one attached hydrogen (secondary N) is 2. The zero-order valence-corrected chi connectivity index (χ0v) is 14.0. The number of carbonyl (C=O) groups is 2. The first-order valence-electron chi connectivity index (χ1n) is 7.47. The molecular weight excluding hydrogens is 326 g/mol. The number of amides is 2. The summed E-state index contributed by atoms with van der Waals surface area (Å²) in [5.41, 5.74) is 3.89. The van der Waals surface area contributed by atoms with Crippen LogP contribution in [0.15, 0.2) is 41.4 Å². The van der Waals surface area contributed by atoms with Gasteiger partial charge in [0.2, 0.25) is 0 Å². The number of aryl methyl sites for hydroxylation is 2. The van der Waals surface area contributed by atoms with E-state index in [0.717, 1.165) is 11.1 Å². The van der Waals surface area contributed by atoms with Crippen molar-refractivity contribution in [2.24, 2.45) is 4.99 Å². The van der Waals surface area contributed by atoms with Crippen molar-refractivity contribution in [3.8, 4) is 0 Å². The minimum atomic E-state index is -0.846. The third kappa shape index (κ3) is 3.31. The molecule has 5 nitrogen and oxygen atoms in total. The third-order valence-corrected chi connectivity index (χ3v) is 4.16. The number of hydrogen-bond acceptors (Lipinski definition) is 3. The highest BCUT2D eigenvalue weighted by molar-refractivity contribution is 6.30. The molecule has 0 aliphatic carbocycles. The quantitative estimate of drug-likeness (QED) is 0.878. The molecule has 3 rings (SSSR count). The normalized spacial score (nSPS) is 16.1. The smallest absolute Gasteiger partial charge is 0.252 e. The standard InChI is InChI=1S/C18H16ClN3O2/c1-10-7-14-15(8-11(10)2)21-18(24)16(9-20-14)22-17(23)12-3-5-13(19)6-4-12/h3-9,16H,1-2H3,(H,21,24)(H,22,23). The molecule has 2 N–H and O–H groups in total. The van der Waals surface area contributed by atoms with E-state index >= 15 is 0 Å². The maximum absolute atomic E-state index is 12.4. The Balaban J connectivity index is 1.81. The minimum absolute atomic E-state index is 0.330. The number of aliphatic imine (C=N–C) groups is 1. The van der Waals surface area contributed by atoms with Crippen molar-refractivity contribution < 1.29 is 9.59 Å². The van der Waals surface area contributed by atoms with Crippen LogP contribution in [0.4, 0.5) is 11.4 Å². The molecule has 0 fully saturated rings. The number of rotatable bonds is 2.